The number of aromatic carboxylic acids is 1. The molecule has 0 aliphatic heterocycles. The summed E-state index contributed by atoms with van der Waals surface area (Å²) in [5.41, 5.74) is 0.777. The molecule has 0 aromatic heterocycles. The van der Waals surface area contributed by atoms with Gasteiger partial charge >= 0.3 is 5.97 Å². The van der Waals surface area contributed by atoms with Crippen molar-refractivity contribution in [3.63, 3.8) is 0 Å². The number of amides is 1. The van der Waals surface area contributed by atoms with Crippen LogP contribution in [0.25, 0.3) is 0 Å². The summed E-state index contributed by atoms with van der Waals surface area (Å²) >= 11 is 10.8. The topological polar surface area (TPSA) is 83.5 Å². The van der Waals surface area contributed by atoms with E-state index >= 15 is 0 Å². The molecule has 0 aliphatic rings. The molecule has 2 N–H and O–H groups in total. The Hall–Kier alpha value is -1.59. The number of nitrogens with one attached hydrogen (secondary N) is 1. The van der Waals surface area contributed by atoms with Gasteiger partial charge in [-0.1, -0.05) is 0 Å². The van der Waals surface area contributed by atoms with Gasteiger partial charge in [0.05, 0.1) is 11.4 Å². The van der Waals surface area contributed by atoms with E-state index in [0.29, 0.717) is 11.3 Å². The highest BCUT2D eigenvalue weighted by Gasteiger charge is 2.13. The molecule has 19 heavy (non-hydrogen) atoms. The smallest absolute Gasteiger partial charge is 0.335 e. The molecule has 102 valence electrons. The molecule has 1 aromatic carbocycles. The van der Waals surface area contributed by atoms with Crippen molar-refractivity contribution in [2.75, 3.05) is 17.1 Å². The van der Waals surface area contributed by atoms with E-state index in [1.54, 1.807) is 0 Å². The number of Topliss-reactive ketones (excluding diaryl/α,β-unsaturated/α-hetero) is 1. The largest absolute Gasteiger partial charge is 0.478 e. The van der Waals surface area contributed by atoms with Crippen LogP contribution in [0.4, 0.5) is 5.69 Å². The van der Waals surface area contributed by atoms with Crippen molar-refractivity contribution >= 4 is 46.5 Å². The minimum Gasteiger partial charge on any atom is -0.478 e. The van der Waals surface area contributed by atoms with Gasteiger partial charge in [0.25, 0.3) is 0 Å². The zero-order valence-electron chi connectivity index (χ0n) is 9.78. The second kappa shape index (κ2) is 7.11. The number of benzene rings is 1. The second-order valence-electron chi connectivity index (χ2n) is 3.71. The lowest BCUT2D eigenvalue weighted by Gasteiger charge is -2.10. The molecule has 0 aliphatic carbocycles. The quantitative estimate of drug-likeness (QED) is 0.786. The fourth-order valence-corrected chi connectivity index (χ4v) is 1.60. The Kier molecular flexibility index (Phi) is 5.79. The number of anilines is 1. The monoisotopic (exact) mass is 303 g/mol. The Labute approximate surface area is 119 Å². The van der Waals surface area contributed by atoms with Crippen molar-refractivity contribution in [2.45, 2.75) is 6.42 Å². The normalized spacial score (nSPS) is 10.0. The lowest BCUT2D eigenvalue weighted by atomic mass is 10.0. The van der Waals surface area contributed by atoms with Gasteiger partial charge < -0.3 is 10.4 Å². The first-order valence-electron chi connectivity index (χ1n) is 5.27. The number of carbonyl (C=O) groups is 3. The molecule has 1 rings (SSSR count). The van der Waals surface area contributed by atoms with Crippen molar-refractivity contribution in [2.24, 2.45) is 0 Å². The van der Waals surface area contributed by atoms with Gasteiger partial charge in [0.1, 0.15) is 5.88 Å². The predicted octanol–water partition coefficient (Wildman–Crippen LogP) is 1.91. The number of halogens is 2. The molecule has 5 nitrogen and oxygen atoms in total. The van der Waals surface area contributed by atoms with Crippen LogP contribution in [0.3, 0.4) is 0 Å². The van der Waals surface area contributed by atoms with E-state index < -0.39 is 11.9 Å². The van der Waals surface area contributed by atoms with Gasteiger partial charge in [0, 0.05) is 12.1 Å². The number of alkyl halides is 2. The van der Waals surface area contributed by atoms with E-state index in [4.69, 9.17) is 28.3 Å². The van der Waals surface area contributed by atoms with Crippen molar-refractivity contribution < 1.29 is 19.5 Å². The van der Waals surface area contributed by atoms with E-state index in [-0.39, 0.29) is 29.5 Å². The van der Waals surface area contributed by atoms with Crippen LogP contribution in [0.1, 0.15) is 15.9 Å². The summed E-state index contributed by atoms with van der Waals surface area (Å²) < 4.78 is 0. The Morgan fingerprint density at radius 2 is 1.84 bits per heavy atom. The van der Waals surface area contributed by atoms with Crippen LogP contribution in [-0.2, 0) is 16.0 Å². The number of carboxylic acids is 1. The van der Waals surface area contributed by atoms with E-state index in [1.165, 1.54) is 18.2 Å². The molecule has 0 fully saturated rings. The maximum Gasteiger partial charge on any atom is 0.335 e. The van der Waals surface area contributed by atoms with Crippen LogP contribution in [0, 0.1) is 0 Å². The van der Waals surface area contributed by atoms with Gasteiger partial charge in [0.15, 0.2) is 5.78 Å². The van der Waals surface area contributed by atoms with E-state index in [2.05, 4.69) is 5.32 Å². The Morgan fingerprint density at radius 1 is 1.16 bits per heavy atom. The highest BCUT2D eigenvalue weighted by Crippen LogP contribution is 2.19. The minimum absolute atomic E-state index is 0.0289. The zero-order chi connectivity index (χ0) is 14.4. The summed E-state index contributed by atoms with van der Waals surface area (Å²) in [5.74, 6) is -2.24. The van der Waals surface area contributed by atoms with E-state index in [0.717, 1.165) is 0 Å². The number of hydrogen-bond acceptors (Lipinski definition) is 3. The van der Waals surface area contributed by atoms with Crippen LogP contribution >= 0.6 is 23.2 Å². The van der Waals surface area contributed by atoms with E-state index in [1.807, 2.05) is 0 Å². The fraction of sp³-hybridized carbons (Fsp3) is 0.250. The van der Waals surface area contributed by atoms with Gasteiger partial charge in [0.2, 0.25) is 5.91 Å². The summed E-state index contributed by atoms with van der Waals surface area (Å²) in [5, 5.41) is 11.4. The average molecular weight is 304 g/mol. The molecular weight excluding hydrogens is 293 g/mol. The van der Waals surface area contributed by atoms with Crippen LogP contribution < -0.4 is 5.32 Å². The zero-order valence-corrected chi connectivity index (χ0v) is 11.3. The van der Waals surface area contributed by atoms with Crippen molar-refractivity contribution in [3.8, 4) is 0 Å². The molecule has 0 bridgehead atoms. The Bertz CT molecular complexity index is 516. The first-order valence-corrected chi connectivity index (χ1v) is 6.34. The first-order chi connectivity index (χ1) is 8.97. The number of carbonyl (C=O) groups excluding carboxylic acids is 2. The van der Waals surface area contributed by atoms with Crippen LogP contribution in [0.5, 0.6) is 0 Å². The molecule has 0 unspecified atom stereocenters. The third-order valence-electron chi connectivity index (χ3n) is 2.28. The van der Waals surface area contributed by atoms with Crippen LogP contribution in [-0.4, -0.2) is 34.5 Å². The highest BCUT2D eigenvalue weighted by atomic mass is 35.5. The van der Waals surface area contributed by atoms with Crippen molar-refractivity contribution in [3.05, 3.63) is 29.3 Å². The van der Waals surface area contributed by atoms with Gasteiger partial charge in [-0.3, -0.25) is 9.59 Å². The molecule has 0 spiro atoms. The summed E-state index contributed by atoms with van der Waals surface area (Å²) in [6.45, 7) is 0. The van der Waals surface area contributed by atoms with Crippen LogP contribution in [0.15, 0.2) is 18.2 Å². The molecule has 7 heteroatoms. The SMILES string of the molecule is O=C(CCl)Cc1cc(C(=O)O)ccc1NC(=O)CCl. The summed E-state index contributed by atoms with van der Waals surface area (Å²) in [6.07, 6.45) is -0.0531. The average Bonchev–Trinajstić information content (AvgIpc) is 2.39. The summed E-state index contributed by atoms with van der Waals surface area (Å²) in [4.78, 5) is 33.5. The van der Waals surface area contributed by atoms with Gasteiger partial charge in [-0.2, -0.15) is 0 Å². The van der Waals surface area contributed by atoms with E-state index in [9.17, 15) is 14.4 Å². The maximum atomic E-state index is 11.4. The number of rotatable bonds is 6. The predicted molar refractivity (Wildman–Crippen MR) is 72.2 cm³/mol. The fourth-order valence-electron chi connectivity index (χ4n) is 1.44. The van der Waals surface area contributed by atoms with Gasteiger partial charge in [-0.15, -0.1) is 23.2 Å². The number of carboxylic acid groups (broad SMARTS) is 1. The van der Waals surface area contributed by atoms with Crippen molar-refractivity contribution in [1.29, 1.82) is 0 Å². The molecule has 0 atom stereocenters. The molecular formula is C12H11Cl2NO4. The molecule has 0 heterocycles. The maximum absolute atomic E-state index is 11.4. The number of ketones is 1. The standard InChI is InChI=1S/C12H11Cl2NO4/c13-5-9(16)4-8-3-7(12(18)19)1-2-10(8)15-11(17)6-14/h1-3H,4-6H2,(H,15,17)(H,18,19). The molecule has 1 aromatic rings. The molecule has 1 amide bonds. The molecule has 0 saturated heterocycles. The third-order valence-corrected chi connectivity index (χ3v) is 2.83. The second-order valence-corrected chi connectivity index (χ2v) is 4.24. The van der Waals surface area contributed by atoms with Gasteiger partial charge in [-0.05, 0) is 23.8 Å². The Morgan fingerprint density at radius 3 is 2.37 bits per heavy atom. The minimum atomic E-state index is -1.12. The van der Waals surface area contributed by atoms with Crippen molar-refractivity contribution in [1.82, 2.24) is 0 Å². The lowest BCUT2D eigenvalue weighted by Crippen LogP contribution is -2.16. The summed E-state index contributed by atoms with van der Waals surface area (Å²) in [6, 6.07) is 4.09. The summed E-state index contributed by atoms with van der Waals surface area (Å²) in [7, 11) is 0. The Balaban J connectivity index is 3.10. The van der Waals surface area contributed by atoms with Gasteiger partial charge in [-0.25, -0.2) is 4.79 Å². The molecule has 0 radical (unpaired) electrons. The van der Waals surface area contributed by atoms with Crippen LogP contribution in [0.2, 0.25) is 0 Å². The lowest BCUT2D eigenvalue weighted by molar-refractivity contribution is -0.116. The highest BCUT2D eigenvalue weighted by molar-refractivity contribution is 6.29. The molecule has 0 saturated carbocycles. The first kappa shape index (κ1) is 15.5. The number of hydrogen-bond donors (Lipinski definition) is 2. The third kappa shape index (κ3) is 4.54.